The number of carbonyl (C=O) groups is 2. The summed E-state index contributed by atoms with van der Waals surface area (Å²) in [6.07, 6.45) is 1.13. The number of carbonyl (C=O) groups excluding carboxylic acids is 2. The van der Waals surface area contributed by atoms with Gasteiger partial charge in [0.2, 0.25) is 0 Å². The lowest BCUT2D eigenvalue weighted by atomic mass is 9.65. The molecule has 1 aromatic rings. The van der Waals surface area contributed by atoms with Crippen molar-refractivity contribution in [1.82, 2.24) is 0 Å². The Morgan fingerprint density at radius 2 is 1.59 bits per heavy atom. The third-order valence-corrected chi connectivity index (χ3v) is 4.74. The zero-order chi connectivity index (χ0) is 15.7. The Morgan fingerprint density at radius 1 is 0.955 bits per heavy atom. The Morgan fingerprint density at radius 3 is 2.27 bits per heavy atom. The summed E-state index contributed by atoms with van der Waals surface area (Å²) < 4.78 is 10.6. The van der Waals surface area contributed by atoms with Crippen LogP contribution in [0.1, 0.15) is 48.8 Å². The van der Waals surface area contributed by atoms with Crippen LogP contribution in [0.3, 0.4) is 0 Å². The van der Waals surface area contributed by atoms with Crippen LogP contribution in [0.4, 0.5) is 9.59 Å². The Hall–Kier alpha value is -2.24. The minimum Gasteiger partial charge on any atom is -0.442 e. The number of nitrogens with two attached hydrogens (primary N) is 2. The molecule has 0 radical (unpaired) electrons. The van der Waals surface area contributed by atoms with E-state index in [9.17, 15) is 9.59 Å². The first-order valence-corrected chi connectivity index (χ1v) is 7.59. The highest BCUT2D eigenvalue weighted by atomic mass is 16.6. The van der Waals surface area contributed by atoms with E-state index >= 15 is 0 Å². The van der Waals surface area contributed by atoms with E-state index in [0.717, 1.165) is 36.8 Å². The second-order valence-electron chi connectivity index (χ2n) is 5.94. The maximum atomic E-state index is 11.3. The third-order valence-electron chi connectivity index (χ3n) is 4.74. The molecule has 3 rings (SSSR count). The molecule has 22 heavy (non-hydrogen) atoms. The fourth-order valence-electron chi connectivity index (χ4n) is 3.99. The first-order valence-electron chi connectivity index (χ1n) is 7.59. The molecule has 2 aliphatic rings. The highest BCUT2D eigenvalue weighted by Crippen LogP contribution is 2.50. The average molecular weight is 304 g/mol. The molecule has 1 saturated carbocycles. The summed E-state index contributed by atoms with van der Waals surface area (Å²) in [4.78, 5) is 22.6. The van der Waals surface area contributed by atoms with Crippen molar-refractivity contribution < 1.29 is 19.1 Å². The molecule has 0 heterocycles. The van der Waals surface area contributed by atoms with Crippen LogP contribution in [0.2, 0.25) is 0 Å². The van der Waals surface area contributed by atoms with Crippen molar-refractivity contribution in [3.05, 3.63) is 35.4 Å². The largest absolute Gasteiger partial charge is 0.442 e. The van der Waals surface area contributed by atoms with Crippen LogP contribution in [-0.4, -0.2) is 18.3 Å². The molecule has 0 aromatic heterocycles. The van der Waals surface area contributed by atoms with Crippen LogP contribution in [0.15, 0.2) is 24.3 Å². The molecule has 6 heteroatoms. The maximum absolute atomic E-state index is 11.3. The zero-order valence-electron chi connectivity index (χ0n) is 12.2. The number of rotatable bonds is 2. The van der Waals surface area contributed by atoms with Gasteiger partial charge in [0.1, 0.15) is 6.10 Å². The van der Waals surface area contributed by atoms with E-state index in [1.54, 1.807) is 0 Å². The van der Waals surface area contributed by atoms with E-state index in [-0.39, 0.29) is 5.92 Å². The number of ether oxygens (including phenoxy) is 2. The van der Waals surface area contributed by atoms with E-state index in [1.807, 2.05) is 18.2 Å². The van der Waals surface area contributed by atoms with Crippen molar-refractivity contribution in [3.8, 4) is 0 Å². The lowest BCUT2D eigenvalue weighted by Gasteiger charge is -2.44. The lowest BCUT2D eigenvalue weighted by molar-refractivity contribution is -0.0568. The van der Waals surface area contributed by atoms with Gasteiger partial charge in [-0.3, -0.25) is 0 Å². The Labute approximate surface area is 128 Å². The SMILES string of the molecule is NC(=O)O[C@H]1[C@@H]2CCCC[C@H]2c2ccccc2[C@@H]1OC(N)=O. The van der Waals surface area contributed by atoms with Crippen LogP contribution >= 0.6 is 0 Å². The standard InChI is InChI=1S/C16H20N2O4/c17-15(19)21-13-11-7-3-1-5-9(11)10-6-2-4-8-12(10)14(13)22-16(18)20/h1,3,5,7,10,12-14H,2,4,6,8H2,(H2,17,19)(H2,18,20)/t10-,12+,13-,14-/m0/s1. The minimum absolute atomic E-state index is 0.0977. The fraction of sp³-hybridized carbons (Fsp3) is 0.500. The van der Waals surface area contributed by atoms with E-state index in [2.05, 4.69) is 6.07 Å². The van der Waals surface area contributed by atoms with E-state index in [4.69, 9.17) is 20.9 Å². The Bertz CT molecular complexity index is 589. The van der Waals surface area contributed by atoms with Gasteiger partial charge in [-0.05, 0) is 29.9 Å². The maximum Gasteiger partial charge on any atom is 0.405 e. The second-order valence-corrected chi connectivity index (χ2v) is 5.94. The number of primary amides is 2. The van der Waals surface area contributed by atoms with Gasteiger partial charge in [0.15, 0.2) is 6.10 Å². The highest BCUT2D eigenvalue weighted by Gasteiger charge is 2.47. The predicted molar refractivity (Wildman–Crippen MR) is 79.0 cm³/mol. The number of benzene rings is 1. The first-order chi connectivity index (χ1) is 10.6. The molecule has 0 aliphatic heterocycles. The third kappa shape index (κ3) is 2.61. The van der Waals surface area contributed by atoms with Crippen LogP contribution < -0.4 is 11.5 Å². The Balaban J connectivity index is 2.05. The van der Waals surface area contributed by atoms with Gasteiger partial charge in [-0.25, -0.2) is 9.59 Å². The van der Waals surface area contributed by atoms with Gasteiger partial charge in [0, 0.05) is 5.92 Å². The molecular weight excluding hydrogens is 284 g/mol. The van der Waals surface area contributed by atoms with Gasteiger partial charge >= 0.3 is 12.2 Å². The molecule has 0 saturated heterocycles. The van der Waals surface area contributed by atoms with Gasteiger partial charge in [-0.15, -0.1) is 0 Å². The summed E-state index contributed by atoms with van der Waals surface area (Å²) in [5.41, 5.74) is 12.4. The summed E-state index contributed by atoms with van der Waals surface area (Å²) in [5, 5.41) is 0. The van der Waals surface area contributed by atoms with E-state index < -0.39 is 24.4 Å². The van der Waals surface area contributed by atoms with E-state index in [0.29, 0.717) is 5.92 Å². The molecular formula is C16H20N2O4. The second kappa shape index (κ2) is 5.87. The molecule has 2 amide bonds. The molecule has 1 fully saturated rings. The number of fused-ring (bicyclic) bond motifs is 3. The summed E-state index contributed by atoms with van der Waals surface area (Å²) in [5.74, 6) is 0.391. The molecule has 118 valence electrons. The quantitative estimate of drug-likeness (QED) is 0.876. The van der Waals surface area contributed by atoms with Crippen LogP contribution in [-0.2, 0) is 9.47 Å². The van der Waals surface area contributed by atoms with Crippen molar-refractivity contribution >= 4 is 12.2 Å². The molecule has 2 aliphatic carbocycles. The van der Waals surface area contributed by atoms with E-state index in [1.165, 1.54) is 0 Å². The Kier molecular flexibility index (Phi) is 3.92. The van der Waals surface area contributed by atoms with Gasteiger partial charge < -0.3 is 20.9 Å². The van der Waals surface area contributed by atoms with Crippen molar-refractivity contribution in [2.24, 2.45) is 17.4 Å². The molecule has 0 unspecified atom stereocenters. The molecule has 6 nitrogen and oxygen atoms in total. The summed E-state index contributed by atoms with van der Waals surface area (Å²) >= 11 is 0. The highest BCUT2D eigenvalue weighted by molar-refractivity contribution is 5.66. The molecule has 4 atom stereocenters. The number of hydrogen-bond donors (Lipinski definition) is 2. The van der Waals surface area contributed by atoms with Gasteiger partial charge in [-0.2, -0.15) is 0 Å². The monoisotopic (exact) mass is 304 g/mol. The fourth-order valence-corrected chi connectivity index (χ4v) is 3.99. The molecule has 0 spiro atoms. The zero-order valence-corrected chi connectivity index (χ0v) is 12.2. The van der Waals surface area contributed by atoms with Crippen LogP contribution in [0, 0.1) is 5.92 Å². The smallest absolute Gasteiger partial charge is 0.405 e. The normalized spacial score (nSPS) is 29.8. The topological polar surface area (TPSA) is 105 Å². The first kappa shape index (κ1) is 14.7. The number of amides is 2. The number of hydrogen-bond acceptors (Lipinski definition) is 4. The summed E-state index contributed by atoms with van der Waals surface area (Å²) in [6.45, 7) is 0. The average Bonchev–Trinajstić information content (AvgIpc) is 2.50. The lowest BCUT2D eigenvalue weighted by Crippen LogP contribution is -2.44. The molecule has 1 aromatic carbocycles. The van der Waals surface area contributed by atoms with Gasteiger partial charge in [0.05, 0.1) is 0 Å². The molecule has 0 bridgehead atoms. The van der Waals surface area contributed by atoms with Gasteiger partial charge in [-0.1, -0.05) is 37.1 Å². The van der Waals surface area contributed by atoms with Crippen molar-refractivity contribution in [1.29, 1.82) is 0 Å². The molecule has 4 N–H and O–H groups in total. The van der Waals surface area contributed by atoms with Gasteiger partial charge in [0.25, 0.3) is 0 Å². The minimum atomic E-state index is -0.882. The summed E-state index contributed by atoms with van der Waals surface area (Å²) in [6, 6.07) is 7.79. The van der Waals surface area contributed by atoms with Crippen molar-refractivity contribution in [2.75, 3.05) is 0 Å². The van der Waals surface area contributed by atoms with Crippen LogP contribution in [0.5, 0.6) is 0 Å². The summed E-state index contributed by atoms with van der Waals surface area (Å²) in [7, 11) is 0. The van der Waals surface area contributed by atoms with Crippen LogP contribution in [0.25, 0.3) is 0 Å². The predicted octanol–water partition coefficient (Wildman–Crippen LogP) is 2.57. The van der Waals surface area contributed by atoms with Crippen molar-refractivity contribution in [3.63, 3.8) is 0 Å². The van der Waals surface area contributed by atoms with Crippen molar-refractivity contribution in [2.45, 2.75) is 43.8 Å².